The monoisotopic (exact) mass is 228 g/mol. The Bertz CT molecular complexity index is 331. The second kappa shape index (κ2) is 3.24. The van der Waals surface area contributed by atoms with Gasteiger partial charge in [-0.15, -0.1) is 0 Å². The molecule has 2 heterocycles. The molecule has 2 saturated heterocycles. The number of hydrogen-bond acceptors (Lipinski definition) is 4. The van der Waals surface area contributed by atoms with E-state index in [0.29, 0.717) is 26.4 Å². The minimum atomic E-state index is -3.37. The molecular formula is C10H13O4P. The molecule has 2 aliphatic rings. The van der Waals surface area contributed by atoms with Crippen molar-refractivity contribution < 1.29 is 18.1 Å². The molecular weight excluding hydrogens is 215 g/mol. The van der Waals surface area contributed by atoms with Crippen LogP contribution in [0.2, 0.25) is 0 Å². The summed E-state index contributed by atoms with van der Waals surface area (Å²) < 4.78 is 23.0. The summed E-state index contributed by atoms with van der Waals surface area (Å²) in [5.41, 5.74) is 0. The summed E-state index contributed by atoms with van der Waals surface area (Å²) in [6.07, 6.45) is 0. The van der Waals surface area contributed by atoms with Gasteiger partial charge in [0.1, 0.15) is 0 Å². The van der Waals surface area contributed by atoms with Crippen molar-refractivity contribution in [2.24, 2.45) is 0 Å². The first kappa shape index (κ1) is 9.70. The third kappa shape index (κ3) is 1.27. The fraction of sp³-hybridized carbons (Fsp3) is 0.400. The van der Waals surface area contributed by atoms with Gasteiger partial charge < -0.3 is 0 Å². The van der Waals surface area contributed by atoms with Gasteiger partial charge in [-0.25, -0.2) is 0 Å². The summed E-state index contributed by atoms with van der Waals surface area (Å²) in [4.78, 5) is 0. The number of benzene rings is 1. The molecule has 82 valence electrons. The zero-order chi connectivity index (χ0) is 10.2. The van der Waals surface area contributed by atoms with Gasteiger partial charge in [0, 0.05) is 0 Å². The molecule has 4 nitrogen and oxygen atoms in total. The molecule has 1 aromatic rings. The van der Waals surface area contributed by atoms with Gasteiger partial charge in [0.15, 0.2) is 0 Å². The van der Waals surface area contributed by atoms with Crippen LogP contribution < -0.4 is 5.30 Å². The third-order valence-corrected chi connectivity index (χ3v) is 6.25. The predicted molar refractivity (Wildman–Crippen MR) is 56.8 cm³/mol. The van der Waals surface area contributed by atoms with E-state index in [4.69, 9.17) is 18.1 Å². The topological polar surface area (TPSA) is 36.9 Å². The predicted octanol–water partition coefficient (Wildman–Crippen LogP) is 1.62. The minimum absolute atomic E-state index is 0.534. The van der Waals surface area contributed by atoms with Gasteiger partial charge in [0.2, 0.25) is 0 Å². The van der Waals surface area contributed by atoms with E-state index in [-0.39, 0.29) is 0 Å². The van der Waals surface area contributed by atoms with E-state index in [2.05, 4.69) is 0 Å². The SMILES string of the molecule is c1ccc(P23(OCCO2)OCCO3)cc1. The Morgan fingerprint density at radius 3 is 1.67 bits per heavy atom. The second-order valence-corrected chi connectivity index (χ2v) is 6.65. The van der Waals surface area contributed by atoms with Crippen LogP contribution in [0.3, 0.4) is 0 Å². The van der Waals surface area contributed by atoms with Crippen LogP contribution in [0.1, 0.15) is 0 Å². The molecule has 0 atom stereocenters. The zero-order valence-corrected chi connectivity index (χ0v) is 9.19. The van der Waals surface area contributed by atoms with Gasteiger partial charge in [-0.05, 0) is 0 Å². The maximum absolute atomic E-state index is 5.74. The quantitative estimate of drug-likeness (QED) is 0.684. The van der Waals surface area contributed by atoms with E-state index in [0.717, 1.165) is 5.30 Å². The van der Waals surface area contributed by atoms with Gasteiger partial charge in [-0.1, -0.05) is 0 Å². The van der Waals surface area contributed by atoms with Crippen LogP contribution in [0, 0.1) is 0 Å². The molecule has 15 heavy (non-hydrogen) atoms. The first-order chi connectivity index (χ1) is 7.34. The van der Waals surface area contributed by atoms with Crippen LogP contribution >= 0.6 is 7.51 Å². The van der Waals surface area contributed by atoms with E-state index in [1.54, 1.807) is 0 Å². The van der Waals surface area contributed by atoms with Crippen molar-refractivity contribution in [3.8, 4) is 0 Å². The fourth-order valence-corrected chi connectivity index (χ4v) is 5.23. The molecule has 5 heteroatoms. The first-order valence-corrected chi connectivity index (χ1v) is 6.93. The number of hydrogen-bond donors (Lipinski definition) is 0. The summed E-state index contributed by atoms with van der Waals surface area (Å²) in [6, 6.07) is 9.70. The van der Waals surface area contributed by atoms with E-state index >= 15 is 0 Å². The molecule has 0 amide bonds. The molecule has 2 fully saturated rings. The van der Waals surface area contributed by atoms with Gasteiger partial charge in [0.05, 0.1) is 0 Å². The van der Waals surface area contributed by atoms with Gasteiger partial charge in [-0.2, -0.15) is 0 Å². The van der Waals surface area contributed by atoms with Crippen LogP contribution in [-0.2, 0) is 18.1 Å². The van der Waals surface area contributed by atoms with Crippen LogP contribution in [0.25, 0.3) is 0 Å². The van der Waals surface area contributed by atoms with Crippen molar-refractivity contribution in [1.29, 1.82) is 0 Å². The molecule has 0 N–H and O–H groups in total. The summed E-state index contributed by atoms with van der Waals surface area (Å²) in [6.45, 7) is 2.14. The number of rotatable bonds is 1. The Morgan fingerprint density at radius 2 is 1.20 bits per heavy atom. The van der Waals surface area contributed by atoms with E-state index in [1.165, 1.54) is 0 Å². The summed E-state index contributed by atoms with van der Waals surface area (Å²) in [5.74, 6) is 0. The van der Waals surface area contributed by atoms with E-state index in [9.17, 15) is 0 Å². The molecule has 1 aromatic carbocycles. The average Bonchev–Trinajstić information content (AvgIpc) is 2.92. The molecule has 3 rings (SSSR count). The first-order valence-electron chi connectivity index (χ1n) is 5.02. The van der Waals surface area contributed by atoms with Crippen LogP contribution in [0.15, 0.2) is 30.3 Å². The standard InChI is InChI=1S/C10H13O4P/c1-2-4-10(5-3-1)15(11-6-7-12-15)13-8-9-14-15/h1-5H,6-9H2. The van der Waals surface area contributed by atoms with E-state index < -0.39 is 7.51 Å². The Morgan fingerprint density at radius 1 is 0.733 bits per heavy atom. The van der Waals surface area contributed by atoms with Crippen molar-refractivity contribution >= 4 is 12.8 Å². The summed E-state index contributed by atoms with van der Waals surface area (Å²) >= 11 is 0. The Kier molecular flexibility index (Phi) is 2.09. The van der Waals surface area contributed by atoms with Gasteiger partial charge in [-0.3, -0.25) is 0 Å². The molecule has 0 saturated carbocycles. The summed E-state index contributed by atoms with van der Waals surface area (Å²) in [7, 11) is -3.37. The molecule has 0 aromatic heterocycles. The van der Waals surface area contributed by atoms with Crippen LogP contribution in [0.5, 0.6) is 0 Å². The van der Waals surface area contributed by atoms with Gasteiger partial charge in [0.25, 0.3) is 0 Å². The Hall–Kier alpha value is -0.510. The normalized spacial score (nSPS) is 30.0. The fourth-order valence-electron chi connectivity index (χ4n) is 1.97. The molecule has 0 aliphatic carbocycles. The second-order valence-electron chi connectivity index (χ2n) is 3.48. The van der Waals surface area contributed by atoms with E-state index in [1.807, 2.05) is 30.3 Å². The molecule has 1 spiro atoms. The maximum atomic E-state index is 5.74. The van der Waals surface area contributed by atoms with Crippen molar-refractivity contribution in [3.05, 3.63) is 30.3 Å². The average molecular weight is 228 g/mol. The van der Waals surface area contributed by atoms with Gasteiger partial charge >= 0.3 is 87.7 Å². The van der Waals surface area contributed by atoms with Crippen molar-refractivity contribution in [2.45, 2.75) is 0 Å². The molecule has 0 bridgehead atoms. The Balaban J connectivity index is 2.12. The van der Waals surface area contributed by atoms with Crippen molar-refractivity contribution in [2.75, 3.05) is 26.4 Å². The molecule has 0 unspecified atom stereocenters. The Labute approximate surface area is 88.3 Å². The zero-order valence-electron chi connectivity index (χ0n) is 8.30. The molecule has 2 aliphatic heterocycles. The van der Waals surface area contributed by atoms with Crippen LogP contribution in [0.4, 0.5) is 0 Å². The third-order valence-electron chi connectivity index (χ3n) is 2.60. The molecule has 0 radical (unpaired) electrons. The van der Waals surface area contributed by atoms with Crippen molar-refractivity contribution in [1.82, 2.24) is 0 Å². The summed E-state index contributed by atoms with van der Waals surface area (Å²) in [5, 5.41) is 0.888. The van der Waals surface area contributed by atoms with Crippen molar-refractivity contribution in [3.63, 3.8) is 0 Å². The van der Waals surface area contributed by atoms with Crippen LogP contribution in [-0.4, -0.2) is 26.4 Å².